The molecule has 3 N–H and O–H groups in total. The molecular formula is C11H11BrN4O2S. The average molecular weight is 343 g/mol. The van der Waals surface area contributed by atoms with Gasteiger partial charge < -0.3 is 5.32 Å². The Hall–Kier alpha value is -1.51. The lowest BCUT2D eigenvalue weighted by atomic mass is 10.2. The van der Waals surface area contributed by atoms with Gasteiger partial charge in [0.1, 0.15) is 0 Å². The highest BCUT2D eigenvalue weighted by atomic mass is 79.9. The molecule has 0 saturated carbocycles. The SMILES string of the molecule is NS(=O)(=O)c1ccc(CNc2ncc(Br)cn2)cc1. The summed E-state index contributed by atoms with van der Waals surface area (Å²) in [6.45, 7) is 0.493. The second-order valence-corrected chi connectivity index (χ2v) is 6.24. The van der Waals surface area contributed by atoms with Crippen molar-refractivity contribution in [3.63, 3.8) is 0 Å². The number of rotatable bonds is 4. The van der Waals surface area contributed by atoms with E-state index in [2.05, 4.69) is 31.2 Å². The van der Waals surface area contributed by atoms with E-state index >= 15 is 0 Å². The lowest BCUT2D eigenvalue weighted by Gasteiger charge is -2.05. The second kappa shape index (κ2) is 5.64. The zero-order valence-corrected chi connectivity index (χ0v) is 12.1. The molecule has 19 heavy (non-hydrogen) atoms. The van der Waals surface area contributed by atoms with Gasteiger partial charge in [-0.1, -0.05) is 12.1 Å². The summed E-state index contributed by atoms with van der Waals surface area (Å²) in [7, 11) is -3.64. The third kappa shape index (κ3) is 3.98. The van der Waals surface area contributed by atoms with E-state index in [1.165, 1.54) is 12.1 Å². The second-order valence-electron chi connectivity index (χ2n) is 3.77. The van der Waals surface area contributed by atoms with Gasteiger partial charge in [-0.3, -0.25) is 0 Å². The van der Waals surface area contributed by atoms with Crippen molar-refractivity contribution in [1.82, 2.24) is 9.97 Å². The number of halogens is 1. The quantitative estimate of drug-likeness (QED) is 0.877. The van der Waals surface area contributed by atoms with Crippen molar-refractivity contribution >= 4 is 31.9 Å². The predicted molar refractivity (Wildman–Crippen MR) is 74.9 cm³/mol. The predicted octanol–water partition coefficient (Wildman–Crippen LogP) is 1.50. The molecule has 0 radical (unpaired) electrons. The Kier molecular flexibility index (Phi) is 4.13. The number of anilines is 1. The van der Waals surface area contributed by atoms with Crippen LogP contribution in [0.3, 0.4) is 0 Å². The number of hydrogen-bond acceptors (Lipinski definition) is 5. The van der Waals surface area contributed by atoms with Gasteiger partial charge >= 0.3 is 0 Å². The van der Waals surface area contributed by atoms with Crippen molar-refractivity contribution in [3.05, 3.63) is 46.7 Å². The molecule has 2 rings (SSSR count). The first-order chi connectivity index (χ1) is 8.95. The molecule has 0 atom stereocenters. The maximum absolute atomic E-state index is 11.1. The van der Waals surface area contributed by atoms with E-state index in [-0.39, 0.29) is 4.90 Å². The summed E-state index contributed by atoms with van der Waals surface area (Å²) < 4.78 is 23.0. The van der Waals surface area contributed by atoms with Crippen LogP contribution in [0.1, 0.15) is 5.56 Å². The van der Waals surface area contributed by atoms with Gasteiger partial charge in [0.05, 0.1) is 9.37 Å². The molecule has 1 heterocycles. The van der Waals surface area contributed by atoms with Gasteiger partial charge in [-0.15, -0.1) is 0 Å². The Morgan fingerprint density at radius 1 is 1.16 bits per heavy atom. The van der Waals surface area contributed by atoms with Crippen LogP contribution in [-0.4, -0.2) is 18.4 Å². The molecule has 100 valence electrons. The van der Waals surface area contributed by atoms with E-state index in [1.54, 1.807) is 24.5 Å². The molecule has 8 heteroatoms. The molecule has 0 amide bonds. The zero-order chi connectivity index (χ0) is 13.9. The van der Waals surface area contributed by atoms with Crippen molar-refractivity contribution in [3.8, 4) is 0 Å². The lowest BCUT2D eigenvalue weighted by Crippen LogP contribution is -2.12. The highest BCUT2D eigenvalue weighted by Crippen LogP contribution is 2.11. The third-order valence-corrected chi connectivity index (χ3v) is 3.66. The van der Waals surface area contributed by atoms with Gasteiger partial charge in [0.15, 0.2) is 0 Å². The molecule has 0 saturated heterocycles. The van der Waals surface area contributed by atoms with Crippen molar-refractivity contribution in [1.29, 1.82) is 0 Å². The molecule has 0 fully saturated rings. The van der Waals surface area contributed by atoms with E-state index in [1.807, 2.05) is 0 Å². The van der Waals surface area contributed by atoms with Gasteiger partial charge in [0.2, 0.25) is 16.0 Å². The molecule has 0 aliphatic rings. The van der Waals surface area contributed by atoms with Crippen molar-refractivity contribution in [2.75, 3.05) is 5.32 Å². The Bertz CT molecular complexity index is 656. The van der Waals surface area contributed by atoms with Gasteiger partial charge in [-0.05, 0) is 33.6 Å². The monoisotopic (exact) mass is 342 g/mol. The van der Waals surface area contributed by atoms with Crippen LogP contribution in [0.15, 0.2) is 46.0 Å². The zero-order valence-electron chi connectivity index (χ0n) is 9.75. The lowest BCUT2D eigenvalue weighted by molar-refractivity contribution is 0.598. The number of aromatic nitrogens is 2. The molecule has 0 unspecified atom stereocenters. The van der Waals surface area contributed by atoms with E-state index < -0.39 is 10.0 Å². The first-order valence-electron chi connectivity index (χ1n) is 5.28. The first kappa shape index (κ1) is 13.9. The number of benzene rings is 1. The summed E-state index contributed by atoms with van der Waals surface area (Å²) in [5.74, 6) is 0.499. The number of nitrogens with two attached hydrogens (primary N) is 1. The summed E-state index contributed by atoms with van der Waals surface area (Å²) in [6.07, 6.45) is 3.28. The highest BCUT2D eigenvalue weighted by molar-refractivity contribution is 9.10. The van der Waals surface area contributed by atoms with Crippen molar-refractivity contribution < 1.29 is 8.42 Å². The molecule has 0 aliphatic heterocycles. The highest BCUT2D eigenvalue weighted by Gasteiger charge is 2.06. The summed E-state index contributed by atoms with van der Waals surface area (Å²) in [4.78, 5) is 8.22. The maximum Gasteiger partial charge on any atom is 0.238 e. The third-order valence-electron chi connectivity index (χ3n) is 2.32. The van der Waals surface area contributed by atoms with Gasteiger partial charge in [0.25, 0.3) is 0 Å². The van der Waals surface area contributed by atoms with Crippen molar-refractivity contribution in [2.24, 2.45) is 5.14 Å². The topological polar surface area (TPSA) is 98.0 Å². The standard InChI is InChI=1S/C11H11BrN4O2S/c12-9-6-15-11(16-7-9)14-5-8-1-3-10(4-2-8)19(13,17)18/h1-4,6-7H,5H2,(H2,13,17,18)(H,14,15,16). The largest absolute Gasteiger partial charge is 0.350 e. The molecule has 0 spiro atoms. The number of primary sulfonamides is 1. The van der Waals surface area contributed by atoms with Gasteiger partial charge in [-0.2, -0.15) is 0 Å². The minimum absolute atomic E-state index is 0.0936. The summed E-state index contributed by atoms with van der Waals surface area (Å²) >= 11 is 3.25. The Morgan fingerprint density at radius 2 is 1.74 bits per heavy atom. The first-order valence-corrected chi connectivity index (χ1v) is 7.62. The Balaban J connectivity index is 2.02. The molecule has 1 aromatic carbocycles. The fourth-order valence-electron chi connectivity index (χ4n) is 1.38. The number of hydrogen-bond donors (Lipinski definition) is 2. The van der Waals surface area contributed by atoms with Crippen LogP contribution in [0, 0.1) is 0 Å². The van der Waals surface area contributed by atoms with Crippen LogP contribution in [0.25, 0.3) is 0 Å². The average Bonchev–Trinajstić information content (AvgIpc) is 2.37. The number of nitrogens with zero attached hydrogens (tertiary/aromatic N) is 2. The van der Waals surface area contributed by atoms with Crippen molar-refractivity contribution in [2.45, 2.75) is 11.4 Å². The fraction of sp³-hybridized carbons (Fsp3) is 0.0909. The minimum Gasteiger partial charge on any atom is -0.350 e. The van der Waals surface area contributed by atoms with Crippen LogP contribution in [0.5, 0.6) is 0 Å². The van der Waals surface area contributed by atoms with E-state index in [0.717, 1.165) is 10.0 Å². The fourth-order valence-corrected chi connectivity index (χ4v) is 2.10. The smallest absolute Gasteiger partial charge is 0.238 e. The molecule has 0 aliphatic carbocycles. The molecule has 2 aromatic rings. The van der Waals surface area contributed by atoms with Crippen LogP contribution in [0.2, 0.25) is 0 Å². The van der Waals surface area contributed by atoms with Crippen LogP contribution < -0.4 is 10.5 Å². The minimum atomic E-state index is -3.64. The molecule has 0 bridgehead atoms. The van der Waals surface area contributed by atoms with Gasteiger partial charge in [-0.25, -0.2) is 23.5 Å². The van der Waals surface area contributed by atoms with E-state index in [9.17, 15) is 8.42 Å². The molecular weight excluding hydrogens is 332 g/mol. The van der Waals surface area contributed by atoms with Crippen LogP contribution >= 0.6 is 15.9 Å². The van der Waals surface area contributed by atoms with Gasteiger partial charge in [0, 0.05) is 18.9 Å². The Labute approximate surface area is 119 Å². The van der Waals surface area contributed by atoms with E-state index in [4.69, 9.17) is 5.14 Å². The molecule has 1 aromatic heterocycles. The van der Waals surface area contributed by atoms with Crippen LogP contribution in [0.4, 0.5) is 5.95 Å². The molecule has 6 nitrogen and oxygen atoms in total. The van der Waals surface area contributed by atoms with E-state index in [0.29, 0.717) is 12.5 Å². The summed E-state index contributed by atoms with van der Waals surface area (Å²) in [5, 5.41) is 8.04. The normalized spacial score (nSPS) is 11.3. The number of sulfonamides is 1. The van der Waals surface area contributed by atoms with Crippen LogP contribution in [-0.2, 0) is 16.6 Å². The summed E-state index contributed by atoms with van der Waals surface area (Å²) in [6, 6.07) is 6.31. The summed E-state index contributed by atoms with van der Waals surface area (Å²) in [5.41, 5.74) is 0.902. The maximum atomic E-state index is 11.1. The number of nitrogens with one attached hydrogen (secondary N) is 1. The Morgan fingerprint density at radius 3 is 2.26 bits per heavy atom.